The quantitative estimate of drug-likeness (QED) is 0.502. The first-order valence-electron chi connectivity index (χ1n) is 7.90. The summed E-state index contributed by atoms with van der Waals surface area (Å²) in [5.74, 6) is -0.975. The zero-order chi connectivity index (χ0) is 17.8. The molecule has 126 valence electrons. The second kappa shape index (κ2) is 5.19. The maximum absolute atomic E-state index is 14.5. The highest BCUT2D eigenvalue weighted by atomic mass is 19.1. The SMILES string of the molecule is Nc1nc2c3c(ccn3n1)C(c1cc(F)ccc1F)=Nc1ccccc1-2. The van der Waals surface area contributed by atoms with Crippen LogP contribution >= 0.6 is 0 Å². The van der Waals surface area contributed by atoms with Gasteiger partial charge in [-0.25, -0.2) is 23.3 Å². The molecule has 5 rings (SSSR count). The van der Waals surface area contributed by atoms with E-state index < -0.39 is 11.6 Å². The Bertz CT molecular complexity index is 1230. The second-order valence-electron chi connectivity index (χ2n) is 5.94. The maximum atomic E-state index is 14.5. The predicted molar refractivity (Wildman–Crippen MR) is 94.5 cm³/mol. The molecule has 26 heavy (non-hydrogen) atoms. The summed E-state index contributed by atoms with van der Waals surface area (Å²) < 4.78 is 29.9. The lowest BCUT2D eigenvalue weighted by Gasteiger charge is -2.07. The molecule has 0 amide bonds. The van der Waals surface area contributed by atoms with Crippen molar-refractivity contribution >= 4 is 22.9 Å². The smallest absolute Gasteiger partial charge is 0.238 e. The Balaban J connectivity index is 1.94. The molecule has 2 N–H and O–H groups in total. The standard InChI is InChI=1S/C19H11F2N5/c20-10-5-6-14(21)13(9-10)16-12-7-8-26-18(12)17(24-19(22)25-26)11-3-1-2-4-15(11)23-16/h1-9H,(H2,22,25). The molecule has 0 saturated heterocycles. The number of aliphatic imine (C=N–C) groups is 1. The normalized spacial score (nSPS) is 12.6. The van der Waals surface area contributed by atoms with E-state index in [0.29, 0.717) is 28.2 Å². The average molecular weight is 347 g/mol. The van der Waals surface area contributed by atoms with Crippen LogP contribution in [0.4, 0.5) is 20.4 Å². The molecule has 0 unspecified atom stereocenters. The molecule has 0 radical (unpaired) electrons. The van der Waals surface area contributed by atoms with E-state index in [-0.39, 0.29) is 11.5 Å². The van der Waals surface area contributed by atoms with Gasteiger partial charge in [-0.15, -0.1) is 5.10 Å². The van der Waals surface area contributed by atoms with Crippen molar-refractivity contribution < 1.29 is 8.78 Å². The molecule has 1 aliphatic heterocycles. The van der Waals surface area contributed by atoms with Crippen molar-refractivity contribution in [3.8, 4) is 11.3 Å². The van der Waals surface area contributed by atoms with Crippen LogP contribution in [-0.2, 0) is 0 Å². The Morgan fingerprint density at radius 3 is 2.65 bits per heavy atom. The van der Waals surface area contributed by atoms with Crippen LogP contribution in [0.2, 0.25) is 0 Å². The van der Waals surface area contributed by atoms with Gasteiger partial charge in [-0.2, -0.15) is 0 Å². The first-order valence-corrected chi connectivity index (χ1v) is 7.90. The van der Waals surface area contributed by atoms with Gasteiger partial charge in [0, 0.05) is 22.9 Å². The lowest BCUT2D eigenvalue weighted by molar-refractivity contribution is 0.598. The van der Waals surface area contributed by atoms with Crippen LogP contribution in [0.3, 0.4) is 0 Å². The summed E-state index contributed by atoms with van der Waals surface area (Å²) >= 11 is 0. The van der Waals surface area contributed by atoms with Crippen molar-refractivity contribution in [3.63, 3.8) is 0 Å². The maximum Gasteiger partial charge on any atom is 0.238 e. The van der Waals surface area contributed by atoms with E-state index in [2.05, 4.69) is 15.1 Å². The van der Waals surface area contributed by atoms with Crippen molar-refractivity contribution in [2.45, 2.75) is 0 Å². The minimum absolute atomic E-state index is 0.0811. The number of para-hydroxylation sites is 1. The third kappa shape index (κ3) is 2.03. The molecule has 2 aromatic heterocycles. The van der Waals surface area contributed by atoms with Gasteiger partial charge in [-0.1, -0.05) is 18.2 Å². The molecule has 7 heteroatoms. The second-order valence-corrected chi connectivity index (χ2v) is 5.94. The monoisotopic (exact) mass is 347 g/mol. The van der Waals surface area contributed by atoms with Gasteiger partial charge in [-0.3, -0.25) is 0 Å². The third-order valence-electron chi connectivity index (χ3n) is 4.36. The highest BCUT2D eigenvalue weighted by Crippen LogP contribution is 2.38. The van der Waals surface area contributed by atoms with Crippen molar-refractivity contribution in [1.82, 2.24) is 14.6 Å². The van der Waals surface area contributed by atoms with E-state index in [1.165, 1.54) is 0 Å². The number of nitrogens with zero attached hydrogens (tertiary/aromatic N) is 4. The first kappa shape index (κ1) is 14.7. The highest BCUT2D eigenvalue weighted by molar-refractivity contribution is 6.20. The lowest BCUT2D eigenvalue weighted by Crippen LogP contribution is -2.07. The summed E-state index contributed by atoms with van der Waals surface area (Å²) in [6.07, 6.45) is 1.70. The van der Waals surface area contributed by atoms with Gasteiger partial charge in [0.05, 0.1) is 11.4 Å². The number of benzene rings is 2. The molecule has 5 nitrogen and oxygen atoms in total. The van der Waals surface area contributed by atoms with Crippen molar-refractivity contribution in [3.05, 3.63) is 77.5 Å². The minimum Gasteiger partial charge on any atom is -0.367 e. The zero-order valence-electron chi connectivity index (χ0n) is 13.3. The van der Waals surface area contributed by atoms with E-state index in [9.17, 15) is 8.78 Å². The van der Waals surface area contributed by atoms with Crippen LogP contribution in [0.1, 0.15) is 11.1 Å². The number of nitrogen functional groups attached to an aromatic ring is 1. The van der Waals surface area contributed by atoms with Crippen LogP contribution in [0.25, 0.3) is 16.8 Å². The third-order valence-corrected chi connectivity index (χ3v) is 4.36. The highest BCUT2D eigenvalue weighted by Gasteiger charge is 2.25. The number of hydrogen-bond donors (Lipinski definition) is 1. The van der Waals surface area contributed by atoms with Crippen LogP contribution in [-0.4, -0.2) is 20.3 Å². The van der Waals surface area contributed by atoms with E-state index in [1.54, 1.807) is 22.8 Å². The molecule has 0 saturated carbocycles. The van der Waals surface area contributed by atoms with Gasteiger partial charge < -0.3 is 5.73 Å². The van der Waals surface area contributed by atoms with Gasteiger partial charge >= 0.3 is 0 Å². The average Bonchev–Trinajstić information content (AvgIpc) is 2.99. The van der Waals surface area contributed by atoms with Gasteiger partial charge in [0.2, 0.25) is 5.95 Å². The predicted octanol–water partition coefficient (Wildman–Crippen LogP) is 3.74. The number of nitrogens with two attached hydrogens (primary N) is 1. The zero-order valence-corrected chi connectivity index (χ0v) is 13.3. The van der Waals surface area contributed by atoms with E-state index >= 15 is 0 Å². The van der Waals surface area contributed by atoms with Gasteiger partial charge in [0.1, 0.15) is 22.8 Å². The molecule has 0 bridgehead atoms. The molecule has 1 aliphatic rings. The Labute approximate surface area is 146 Å². The fourth-order valence-electron chi connectivity index (χ4n) is 3.26. The molecule has 3 heterocycles. The number of aromatic nitrogens is 3. The number of rotatable bonds is 1. The van der Waals surface area contributed by atoms with E-state index in [0.717, 1.165) is 23.8 Å². The van der Waals surface area contributed by atoms with Gasteiger partial charge in [0.25, 0.3) is 0 Å². The molecule has 0 aliphatic carbocycles. The van der Waals surface area contributed by atoms with E-state index in [1.807, 2.05) is 18.2 Å². The molecule has 0 spiro atoms. The Kier molecular flexibility index (Phi) is 2.94. The summed E-state index contributed by atoms with van der Waals surface area (Å²) in [4.78, 5) is 9.02. The van der Waals surface area contributed by atoms with Crippen molar-refractivity contribution in [1.29, 1.82) is 0 Å². The molecule has 0 atom stereocenters. The number of hydrogen-bond acceptors (Lipinski definition) is 4. The lowest BCUT2D eigenvalue weighted by atomic mass is 10.0. The van der Waals surface area contributed by atoms with Crippen LogP contribution in [0.5, 0.6) is 0 Å². The topological polar surface area (TPSA) is 68.6 Å². The van der Waals surface area contributed by atoms with Crippen molar-refractivity contribution in [2.24, 2.45) is 4.99 Å². The first-order chi connectivity index (χ1) is 12.6. The van der Waals surface area contributed by atoms with Gasteiger partial charge in [-0.05, 0) is 30.3 Å². The van der Waals surface area contributed by atoms with Crippen LogP contribution in [0.15, 0.2) is 59.7 Å². The molecule has 2 aromatic carbocycles. The fourth-order valence-corrected chi connectivity index (χ4v) is 3.26. The summed E-state index contributed by atoms with van der Waals surface area (Å²) in [6, 6.07) is 12.4. The number of halogens is 2. The Morgan fingerprint density at radius 2 is 1.77 bits per heavy atom. The largest absolute Gasteiger partial charge is 0.367 e. The summed E-state index contributed by atoms with van der Waals surface area (Å²) in [5, 5.41) is 4.18. The molecular formula is C19H11F2N5. The summed E-state index contributed by atoms with van der Waals surface area (Å²) in [5.41, 5.74) is 9.45. The fraction of sp³-hybridized carbons (Fsp3) is 0. The summed E-state index contributed by atoms with van der Waals surface area (Å²) in [6.45, 7) is 0. The Morgan fingerprint density at radius 1 is 0.923 bits per heavy atom. The summed E-state index contributed by atoms with van der Waals surface area (Å²) in [7, 11) is 0. The Hall–Kier alpha value is -3.61. The molecule has 0 fully saturated rings. The minimum atomic E-state index is -0.554. The van der Waals surface area contributed by atoms with Crippen LogP contribution < -0.4 is 5.73 Å². The van der Waals surface area contributed by atoms with Crippen LogP contribution in [0, 0.1) is 11.6 Å². The molecular weight excluding hydrogens is 336 g/mol. The number of fused-ring (bicyclic) bond motifs is 2. The van der Waals surface area contributed by atoms with Gasteiger partial charge in [0.15, 0.2) is 0 Å². The molecule has 4 aromatic rings. The van der Waals surface area contributed by atoms with Crippen molar-refractivity contribution in [2.75, 3.05) is 5.73 Å². The number of anilines is 1. The van der Waals surface area contributed by atoms with E-state index in [4.69, 9.17) is 5.73 Å².